The lowest BCUT2D eigenvalue weighted by Crippen LogP contribution is -2.34. The van der Waals surface area contributed by atoms with E-state index in [1.54, 1.807) is 18.2 Å². The van der Waals surface area contributed by atoms with Gasteiger partial charge in [0, 0.05) is 6.04 Å². The predicted octanol–water partition coefficient (Wildman–Crippen LogP) is 1.95. The molecule has 0 spiro atoms. The van der Waals surface area contributed by atoms with Crippen molar-refractivity contribution in [2.75, 3.05) is 11.1 Å². The van der Waals surface area contributed by atoms with Crippen molar-refractivity contribution in [3.05, 3.63) is 24.3 Å². The summed E-state index contributed by atoms with van der Waals surface area (Å²) in [5, 5.41) is 6.16. The van der Waals surface area contributed by atoms with Crippen molar-refractivity contribution in [3.8, 4) is 0 Å². The van der Waals surface area contributed by atoms with Crippen LogP contribution in [0.2, 0.25) is 0 Å². The molecule has 0 bridgehead atoms. The smallest absolute Gasteiger partial charge is 0.286 e. The van der Waals surface area contributed by atoms with Crippen LogP contribution in [-0.2, 0) is 14.8 Å². The Morgan fingerprint density at radius 1 is 1.32 bits per heavy atom. The number of carbonyl (C=O) groups is 1. The van der Waals surface area contributed by atoms with Crippen molar-refractivity contribution in [1.82, 2.24) is 5.32 Å². The zero-order valence-corrected chi connectivity index (χ0v) is 13.5. The average molecular weight is 339 g/mol. The summed E-state index contributed by atoms with van der Waals surface area (Å²) in [7, 11) is -3.69. The second-order valence-electron chi connectivity index (χ2n) is 5.33. The molecule has 1 heterocycles. The van der Waals surface area contributed by atoms with E-state index < -0.39 is 10.0 Å². The van der Waals surface area contributed by atoms with E-state index in [1.165, 1.54) is 6.07 Å². The normalized spacial score (nSPS) is 19.9. The van der Waals surface area contributed by atoms with Crippen LogP contribution in [0.3, 0.4) is 0 Å². The number of thioether (sulfide) groups is 1. The number of carbonyl (C=O) groups excluding carboxylic acids is 1. The molecule has 1 fully saturated rings. The van der Waals surface area contributed by atoms with E-state index in [0.29, 0.717) is 5.69 Å². The van der Waals surface area contributed by atoms with Gasteiger partial charge >= 0.3 is 0 Å². The number of amidine groups is 1. The molecular formula is C14H17N3O3S2. The first kappa shape index (κ1) is 15.4. The van der Waals surface area contributed by atoms with Crippen molar-refractivity contribution >= 4 is 38.5 Å². The molecule has 0 atom stereocenters. The lowest BCUT2D eigenvalue weighted by atomic mass is 10.2. The lowest BCUT2D eigenvalue weighted by Gasteiger charge is -2.17. The second-order valence-corrected chi connectivity index (χ2v) is 7.87. The quantitative estimate of drug-likeness (QED) is 0.879. The number of sulfonamides is 1. The van der Waals surface area contributed by atoms with Gasteiger partial charge in [0.05, 0.1) is 11.4 Å². The standard InChI is InChI=1S/C14H17N3O3S2/c18-13(15-10-5-1-2-6-10)9-21-14-16-11-7-3-4-8-12(11)22(19,20)17-14/h3-4,7-8,10H,1-2,5-6,9H2,(H,15,18)(H,16,17). The summed E-state index contributed by atoms with van der Waals surface area (Å²) in [6.07, 6.45) is 4.36. The molecule has 1 saturated carbocycles. The van der Waals surface area contributed by atoms with E-state index >= 15 is 0 Å². The Morgan fingerprint density at radius 2 is 2.05 bits per heavy atom. The fourth-order valence-corrected chi connectivity index (χ4v) is 4.68. The minimum Gasteiger partial charge on any atom is -0.353 e. The third-order valence-corrected chi connectivity index (χ3v) is 5.99. The van der Waals surface area contributed by atoms with Crippen LogP contribution in [0.15, 0.2) is 33.6 Å². The molecule has 1 aliphatic carbocycles. The molecule has 2 N–H and O–H groups in total. The van der Waals surface area contributed by atoms with Gasteiger partial charge in [0.1, 0.15) is 4.90 Å². The van der Waals surface area contributed by atoms with Gasteiger partial charge in [-0.15, -0.1) is 4.40 Å². The molecular weight excluding hydrogens is 322 g/mol. The van der Waals surface area contributed by atoms with Gasteiger partial charge in [0.25, 0.3) is 10.0 Å². The van der Waals surface area contributed by atoms with Crippen LogP contribution in [0.5, 0.6) is 0 Å². The van der Waals surface area contributed by atoms with Gasteiger partial charge in [0.15, 0.2) is 5.17 Å². The van der Waals surface area contributed by atoms with E-state index in [4.69, 9.17) is 0 Å². The first-order chi connectivity index (χ1) is 10.5. The van der Waals surface area contributed by atoms with E-state index in [9.17, 15) is 13.2 Å². The Kier molecular flexibility index (Phi) is 4.39. The summed E-state index contributed by atoms with van der Waals surface area (Å²) in [6, 6.07) is 6.86. The number of rotatable bonds is 3. The van der Waals surface area contributed by atoms with Gasteiger partial charge in [-0.05, 0) is 25.0 Å². The molecule has 118 valence electrons. The van der Waals surface area contributed by atoms with E-state index in [0.717, 1.165) is 37.4 Å². The minimum atomic E-state index is -3.69. The van der Waals surface area contributed by atoms with E-state index in [1.807, 2.05) is 0 Å². The SMILES string of the molecule is O=C(CSC1=NS(=O)(=O)c2ccccc2N1)NC1CCCC1. The Balaban J connectivity index is 1.62. The summed E-state index contributed by atoms with van der Waals surface area (Å²) in [4.78, 5) is 12.0. The molecule has 6 nitrogen and oxygen atoms in total. The zero-order valence-electron chi connectivity index (χ0n) is 11.9. The Hall–Kier alpha value is -1.54. The fraction of sp³-hybridized carbons (Fsp3) is 0.429. The summed E-state index contributed by atoms with van der Waals surface area (Å²) in [6.45, 7) is 0. The number of para-hydroxylation sites is 1. The molecule has 0 radical (unpaired) electrons. The average Bonchev–Trinajstić information content (AvgIpc) is 2.97. The Bertz CT molecular complexity index is 710. The third kappa shape index (κ3) is 3.44. The highest BCUT2D eigenvalue weighted by Gasteiger charge is 2.25. The van der Waals surface area contributed by atoms with Crippen molar-refractivity contribution in [2.45, 2.75) is 36.6 Å². The maximum absolute atomic E-state index is 12.1. The third-order valence-electron chi connectivity index (χ3n) is 3.67. The molecule has 0 unspecified atom stereocenters. The number of anilines is 1. The first-order valence-corrected chi connectivity index (χ1v) is 9.60. The Labute approximate surface area is 133 Å². The van der Waals surface area contributed by atoms with Crippen LogP contribution in [0.4, 0.5) is 5.69 Å². The highest BCUT2D eigenvalue weighted by atomic mass is 32.2. The summed E-state index contributed by atoms with van der Waals surface area (Å²) in [5.41, 5.74) is 0.496. The Morgan fingerprint density at radius 3 is 2.82 bits per heavy atom. The highest BCUT2D eigenvalue weighted by molar-refractivity contribution is 8.15. The van der Waals surface area contributed by atoms with E-state index in [2.05, 4.69) is 15.0 Å². The molecule has 0 saturated heterocycles. The number of nitrogens with zero attached hydrogens (tertiary/aromatic N) is 1. The van der Waals surface area contributed by atoms with Crippen LogP contribution in [0.1, 0.15) is 25.7 Å². The maximum Gasteiger partial charge on any atom is 0.286 e. The number of benzene rings is 1. The fourth-order valence-electron chi connectivity index (χ4n) is 2.63. The van der Waals surface area contributed by atoms with Gasteiger partial charge in [-0.2, -0.15) is 8.42 Å². The van der Waals surface area contributed by atoms with Crippen LogP contribution in [-0.4, -0.2) is 31.3 Å². The van der Waals surface area contributed by atoms with Crippen molar-refractivity contribution in [2.24, 2.45) is 4.40 Å². The molecule has 1 aliphatic heterocycles. The van der Waals surface area contributed by atoms with Gasteiger partial charge < -0.3 is 10.6 Å². The molecule has 3 rings (SSSR count). The second kappa shape index (κ2) is 6.29. The number of fused-ring (bicyclic) bond motifs is 1. The molecule has 22 heavy (non-hydrogen) atoms. The molecule has 1 aromatic rings. The first-order valence-electron chi connectivity index (χ1n) is 7.18. The van der Waals surface area contributed by atoms with E-state index in [-0.39, 0.29) is 27.8 Å². The topological polar surface area (TPSA) is 87.6 Å². The minimum absolute atomic E-state index is 0.0855. The lowest BCUT2D eigenvalue weighted by molar-refractivity contribution is -0.119. The highest BCUT2D eigenvalue weighted by Crippen LogP contribution is 2.28. The molecule has 2 aliphatic rings. The number of hydrogen-bond acceptors (Lipinski definition) is 5. The number of nitrogens with one attached hydrogen (secondary N) is 2. The van der Waals surface area contributed by atoms with Crippen molar-refractivity contribution in [3.63, 3.8) is 0 Å². The number of hydrogen-bond donors (Lipinski definition) is 2. The van der Waals surface area contributed by atoms with Crippen molar-refractivity contribution < 1.29 is 13.2 Å². The van der Waals surface area contributed by atoms with Crippen molar-refractivity contribution in [1.29, 1.82) is 0 Å². The van der Waals surface area contributed by atoms with Crippen LogP contribution in [0.25, 0.3) is 0 Å². The van der Waals surface area contributed by atoms with Gasteiger partial charge in [-0.25, -0.2) is 0 Å². The maximum atomic E-state index is 12.1. The van der Waals surface area contributed by atoms with Crippen LogP contribution < -0.4 is 10.6 Å². The van der Waals surface area contributed by atoms with Gasteiger partial charge in [-0.1, -0.05) is 36.7 Å². The van der Waals surface area contributed by atoms with Gasteiger partial charge in [-0.3, -0.25) is 4.79 Å². The largest absolute Gasteiger partial charge is 0.353 e. The predicted molar refractivity (Wildman–Crippen MR) is 87.5 cm³/mol. The molecule has 0 aromatic heterocycles. The summed E-state index contributed by atoms with van der Waals surface area (Å²) >= 11 is 1.10. The summed E-state index contributed by atoms with van der Waals surface area (Å²) in [5.74, 6) is 0.0673. The monoisotopic (exact) mass is 339 g/mol. The van der Waals surface area contributed by atoms with Gasteiger partial charge in [0.2, 0.25) is 5.91 Å². The zero-order chi connectivity index (χ0) is 15.6. The molecule has 1 amide bonds. The van der Waals surface area contributed by atoms with Crippen LogP contribution >= 0.6 is 11.8 Å². The summed E-state index contributed by atoms with van der Waals surface area (Å²) < 4.78 is 27.9. The molecule has 1 aromatic carbocycles. The van der Waals surface area contributed by atoms with Crippen LogP contribution in [0, 0.1) is 0 Å². The number of amides is 1. The molecule has 8 heteroatoms.